The van der Waals surface area contributed by atoms with Crippen LogP contribution in [0.1, 0.15) is 5.01 Å². The van der Waals surface area contributed by atoms with Gasteiger partial charge in [-0.15, -0.1) is 11.3 Å². The van der Waals surface area contributed by atoms with Crippen LogP contribution < -0.4 is 5.32 Å². The highest BCUT2D eigenvalue weighted by Gasteiger charge is 1.98. The molecule has 11 heavy (non-hydrogen) atoms. The fraction of sp³-hybridized carbons (Fsp3) is 0.333. The number of aromatic nitrogens is 1. The number of nitrogens with one attached hydrogen (secondary N) is 1. The molecule has 1 aromatic rings. The van der Waals surface area contributed by atoms with E-state index in [1.54, 1.807) is 6.20 Å². The van der Waals surface area contributed by atoms with Crippen molar-refractivity contribution in [3.8, 4) is 0 Å². The molecule has 0 fully saturated rings. The van der Waals surface area contributed by atoms with Gasteiger partial charge in [0, 0.05) is 11.6 Å². The third-order valence-electron chi connectivity index (χ3n) is 1.06. The lowest BCUT2D eigenvalue weighted by molar-refractivity contribution is -0.118. The first-order valence-electron chi connectivity index (χ1n) is 3.09. The van der Waals surface area contributed by atoms with Crippen molar-refractivity contribution < 1.29 is 4.79 Å². The number of rotatable bonds is 3. The lowest BCUT2D eigenvalue weighted by atomic mass is 10.6. The van der Waals surface area contributed by atoms with Gasteiger partial charge in [0.1, 0.15) is 5.01 Å². The monoisotopic (exact) mass is 188 g/mol. The number of thiazole rings is 1. The van der Waals surface area contributed by atoms with Crippen molar-refractivity contribution >= 4 is 29.9 Å². The van der Waals surface area contributed by atoms with Gasteiger partial charge in [0.05, 0.1) is 12.3 Å². The van der Waals surface area contributed by atoms with Gasteiger partial charge in [-0.2, -0.15) is 12.6 Å². The third kappa shape index (κ3) is 2.90. The summed E-state index contributed by atoms with van der Waals surface area (Å²) in [5.41, 5.74) is 0. The van der Waals surface area contributed by atoms with Crippen LogP contribution in [0.25, 0.3) is 0 Å². The predicted octanol–water partition coefficient (Wildman–Crippen LogP) is 0.689. The van der Waals surface area contributed by atoms with E-state index in [2.05, 4.69) is 22.9 Å². The van der Waals surface area contributed by atoms with Crippen LogP contribution in [0.4, 0.5) is 0 Å². The Kier molecular flexibility index (Phi) is 3.38. The van der Waals surface area contributed by atoms with Gasteiger partial charge in [0.25, 0.3) is 0 Å². The summed E-state index contributed by atoms with van der Waals surface area (Å²) in [6.07, 6.45) is 1.72. The Hall–Kier alpha value is -0.550. The molecular formula is C6H8N2OS2. The van der Waals surface area contributed by atoms with E-state index in [4.69, 9.17) is 0 Å². The Morgan fingerprint density at radius 2 is 2.64 bits per heavy atom. The molecule has 1 aromatic heterocycles. The Balaban J connectivity index is 2.29. The first-order valence-corrected chi connectivity index (χ1v) is 4.60. The molecule has 1 rings (SSSR count). The van der Waals surface area contributed by atoms with E-state index in [9.17, 15) is 4.79 Å². The molecular weight excluding hydrogens is 180 g/mol. The average molecular weight is 188 g/mol. The molecule has 0 radical (unpaired) electrons. The third-order valence-corrected chi connectivity index (χ3v) is 2.13. The van der Waals surface area contributed by atoms with Crippen LogP contribution in [-0.2, 0) is 11.3 Å². The molecule has 1 amide bonds. The Morgan fingerprint density at radius 3 is 3.18 bits per heavy atom. The quantitative estimate of drug-likeness (QED) is 0.685. The minimum absolute atomic E-state index is 0.0662. The summed E-state index contributed by atoms with van der Waals surface area (Å²) < 4.78 is 0. The molecule has 0 atom stereocenters. The van der Waals surface area contributed by atoms with Gasteiger partial charge in [-0.25, -0.2) is 4.98 Å². The first-order chi connectivity index (χ1) is 5.33. The van der Waals surface area contributed by atoms with Crippen molar-refractivity contribution in [3.63, 3.8) is 0 Å². The largest absolute Gasteiger partial charge is 0.349 e. The van der Waals surface area contributed by atoms with Crippen LogP contribution in [0.5, 0.6) is 0 Å². The highest BCUT2D eigenvalue weighted by Crippen LogP contribution is 2.02. The molecule has 0 bridgehead atoms. The van der Waals surface area contributed by atoms with E-state index in [1.807, 2.05) is 5.38 Å². The number of carbonyl (C=O) groups is 1. The van der Waals surface area contributed by atoms with Gasteiger partial charge in [-0.3, -0.25) is 4.79 Å². The van der Waals surface area contributed by atoms with E-state index in [1.165, 1.54) is 11.3 Å². The molecule has 1 heterocycles. The number of nitrogens with zero attached hydrogens (tertiary/aromatic N) is 1. The average Bonchev–Trinajstić information content (AvgIpc) is 2.52. The molecule has 60 valence electrons. The molecule has 1 N–H and O–H groups in total. The van der Waals surface area contributed by atoms with Crippen LogP contribution in [0.15, 0.2) is 11.6 Å². The lowest BCUT2D eigenvalue weighted by Gasteiger charge is -1.97. The number of hydrogen-bond donors (Lipinski definition) is 2. The molecule has 5 heteroatoms. The van der Waals surface area contributed by atoms with Crippen LogP contribution in [0, 0.1) is 0 Å². The standard InChI is InChI=1S/C6H8N2OS2/c9-5(4-10)8-3-6-7-1-2-11-6/h1-2,10H,3-4H2,(H,8,9). The van der Waals surface area contributed by atoms with Crippen LogP contribution in [0.2, 0.25) is 0 Å². The predicted molar refractivity (Wildman–Crippen MR) is 47.8 cm³/mol. The number of amides is 1. The zero-order chi connectivity index (χ0) is 8.10. The van der Waals surface area contributed by atoms with Crippen LogP contribution >= 0.6 is 24.0 Å². The molecule has 0 aliphatic rings. The Morgan fingerprint density at radius 1 is 1.82 bits per heavy atom. The molecule has 3 nitrogen and oxygen atoms in total. The summed E-state index contributed by atoms with van der Waals surface area (Å²) in [4.78, 5) is 14.7. The van der Waals surface area contributed by atoms with Gasteiger partial charge in [-0.1, -0.05) is 0 Å². The van der Waals surface area contributed by atoms with E-state index < -0.39 is 0 Å². The SMILES string of the molecule is O=C(CS)NCc1nccs1. The molecule has 0 unspecified atom stereocenters. The van der Waals surface area contributed by atoms with Crippen molar-refractivity contribution in [1.29, 1.82) is 0 Å². The molecule has 0 aliphatic heterocycles. The zero-order valence-electron chi connectivity index (χ0n) is 5.78. The smallest absolute Gasteiger partial charge is 0.230 e. The normalized spacial score (nSPS) is 9.55. The number of carbonyl (C=O) groups excluding carboxylic acids is 1. The summed E-state index contributed by atoms with van der Waals surface area (Å²) in [7, 11) is 0. The highest BCUT2D eigenvalue weighted by atomic mass is 32.1. The highest BCUT2D eigenvalue weighted by molar-refractivity contribution is 7.81. The van der Waals surface area contributed by atoms with Crippen molar-refractivity contribution in [2.75, 3.05) is 5.75 Å². The lowest BCUT2D eigenvalue weighted by Crippen LogP contribution is -2.23. The Labute approximate surface area is 74.3 Å². The number of hydrogen-bond acceptors (Lipinski definition) is 4. The topological polar surface area (TPSA) is 42.0 Å². The summed E-state index contributed by atoms with van der Waals surface area (Å²) in [6.45, 7) is 0.511. The summed E-state index contributed by atoms with van der Waals surface area (Å²) in [6, 6.07) is 0. The van der Waals surface area contributed by atoms with Gasteiger partial charge in [-0.05, 0) is 0 Å². The summed E-state index contributed by atoms with van der Waals surface area (Å²) in [5.74, 6) is 0.161. The molecule has 0 spiro atoms. The second-order valence-corrected chi connectivity index (χ2v) is 3.16. The fourth-order valence-corrected chi connectivity index (χ4v) is 1.24. The van der Waals surface area contributed by atoms with Crippen molar-refractivity contribution in [2.45, 2.75) is 6.54 Å². The molecule has 0 saturated carbocycles. The number of thiol groups is 1. The van der Waals surface area contributed by atoms with Crippen molar-refractivity contribution in [2.24, 2.45) is 0 Å². The van der Waals surface area contributed by atoms with E-state index in [0.29, 0.717) is 6.54 Å². The maximum atomic E-state index is 10.7. The van der Waals surface area contributed by atoms with Crippen LogP contribution in [0.3, 0.4) is 0 Å². The maximum Gasteiger partial charge on any atom is 0.230 e. The summed E-state index contributed by atoms with van der Waals surface area (Å²) in [5, 5.41) is 5.46. The van der Waals surface area contributed by atoms with Crippen LogP contribution in [-0.4, -0.2) is 16.6 Å². The van der Waals surface area contributed by atoms with Crippen molar-refractivity contribution in [1.82, 2.24) is 10.3 Å². The zero-order valence-corrected chi connectivity index (χ0v) is 7.49. The fourth-order valence-electron chi connectivity index (χ4n) is 0.570. The molecule has 0 saturated heterocycles. The van der Waals surface area contributed by atoms with Gasteiger partial charge in [0.2, 0.25) is 5.91 Å². The van der Waals surface area contributed by atoms with Gasteiger partial charge >= 0.3 is 0 Å². The molecule has 0 aromatic carbocycles. The maximum absolute atomic E-state index is 10.7. The van der Waals surface area contributed by atoms with Gasteiger partial charge in [0.15, 0.2) is 0 Å². The van der Waals surface area contributed by atoms with E-state index >= 15 is 0 Å². The van der Waals surface area contributed by atoms with E-state index in [0.717, 1.165) is 5.01 Å². The minimum atomic E-state index is -0.0662. The second-order valence-electron chi connectivity index (χ2n) is 1.86. The Bertz CT molecular complexity index is 222. The summed E-state index contributed by atoms with van der Waals surface area (Å²) >= 11 is 5.34. The molecule has 0 aliphatic carbocycles. The second kappa shape index (κ2) is 4.35. The van der Waals surface area contributed by atoms with Gasteiger partial charge < -0.3 is 5.32 Å². The van der Waals surface area contributed by atoms with E-state index in [-0.39, 0.29) is 11.7 Å². The minimum Gasteiger partial charge on any atom is -0.349 e. The van der Waals surface area contributed by atoms with Crippen molar-refractivity contribution in [3.05, 3.63) is 16.6 Å². The first kappa shape index (κ1) is 8.55.